The van der Waals surface area contributed by atoms with Gasteiger partial charge in [0.15, 0.2) is 0 Å². The van der Waals surface area contributed by atoms with E-state index in [0.717, 1.165) is 48.3 Å². The molecular formula is C51H68N4O4. The first-order valence-corrected chi connectivity index (χ1v) is 21.7. The number of unbranched alkanes of at least 4 members (excludes halogenated alkanes) is 2. The number of hydrogen-bond donors (Lipinski definition) is 2. The van der Waals surface area contributed by atoms with Crippen LogP contribution in [-0.2, 0) is 30.6 Å². The van der Waals surface area contributed by atoms with Crippen LogP contribution in [0.1, 0.15) is 116 Å². The number of nitrogens with zero attached hydrogens (tertiary/aromatic N) is 3. The molecule has 2 N–H and O–H groups in total. The van der Waals surface area contributed by atoms with Crippen molar-refractivity contribution in [2.45, 2.75) is 116 Å². The van der Waals surface area contributed by atoms with Crippen molar-refractivity contribution in [3.8, 4) is 11.1 Å². The topological polar surface area (TPSA) is 85.3 Å². The van der Waals surface area contributed by atoms with Crippen LogP contribution in [0.5, 0.6) is 0 Å². The van der Waals surface area contributed by atoms with Crippen LogP contribution in [0.4, 0.5) is 17.1 Å². The number of hydrogen-bond acceptors (Lipinski definition) is 7. The van der Waals surface area contributed by atoms with Crippen LogP contribution in [0.3, 0.4) is 0 Å². The first-order valence-electron chi connectivity index (χ1n) is 21.7. The molecule has 2 aliphatic heterocycles. The Labute approximate surface area is 354 Å². The van der Waals surface area contributed by atoms with Gasteiger partial charge in [0.05, 0.1) is 12.7 Å². The molecule has 8 heteroatoms. The third-order valence-corrected chi connectivity index (χ3v) is 13.2. The Bertz CT molecular complexity index is 2100. The van der Waals surface area contributed by atoms with E-state index in [1.54, 1.807) is 0 Å². The number of aliphatic hydroxyl groups is 1. The average molecular weight is 801 g/mol. The molecule has 1 saturated heterocycles. The molecule has 0 unspecified atom stereocenters. The van der Waals surface area contributed by atoms with Crippen LogP contribution in [0.2, 0.25) is 0 Å². The van der Waals surface area contributed by atoms with Crippen LogP contribution < -0.4 is 15.1 Å². The van der Waals surface area contributed by atoms with Crippen molar-refractivity contribution in [2.24, 2.45) is 0 Å². The van der Waals surface area contributed by atoms with Crippen LogP contribution in [-0.4, -0.2) is 74.9 Å². The molecule has 316 valence electrons. The molecule has 0 spiro atoms. The Morgan fingerprint density at radius 2 is 1.66 bits per heavy atom. The van der Waals surface area contributed by atoms with Gasteiger partial charge in [0.1, 0.15) is 0 Å². The van der Waals surface area contributed by atoms with Crippen LogP contribution in [0, 0.1) is 0 Å². The van der Waals surface area contributed by atoms with Crippen molar-refractivity contribution in [3.63, 3.8) is 0 Å². The number of carbonyl (C=O) groups excluding carboxylic acids is 2. The quantitative estimate of drug-likeness (QED) is 0.0848. The van der Waals surface area contributed by atoms with Gasteiger partial charge in [-0.05, 0) is 107 Å². The first-order chi connectivity index (χ1) is 27.9. The summed E-state index contributed by atoms with van der Waals surface area (Å²) in [5.74, 6) is -0.0439. The maximum absolute atomic E-state index is 13.0. The van der Waals surface area contributed by atoms with Gasteiger partial charge >= 0.3 is 5.97 Å². The molecule has 0 saturated carbocycles. The van der Waals surface area contributed by atoms with Gasteiger partial charge in [-0.3, -0.25) is 9.59 Å². The van der Waals surface area contributed by atoms with Crippen molar-refractivity contribution in [2.75, 3.05) is 62.0 Å². The highest BCUT2D eigenvalue weighted by Crippen LogP contribution is 2.56. The fraction of sp³-hybridized carbons (Fsp3) is 0.490. The van der Waals surface area contributed by atoms with E-state index in [-0.39, 0.29) is 28.8 Å². The summed E-state index contributed by atoms with van der Waals surface area (Å²) in [5.41, 5.74) is 12.9. The molecule has 1 fully saturated rings. The smallest absolute Gasteiger partial charge is 0.302 e. The Hall–Kier alpha value is -4.82. The summed E-state index contributed by atoms with van der Waals surface area (Å²) in [6.45, 7) is 23.2. The summed E-state index contributed by atoms with van der Waals surface area (Å²) >= 11 is 0. The Balaban J connectivity index is 1.26. The van der Waals surface area contributed by atoms with Crippen LogP contribution in [0.15, 0.2) is 90.7 Å². The molecule has 0 bridgehead atoms. The summed E-state index contributed by atoms with van der Waals surface area (Å²) in [6.07, 6.45) is 11.8. The molecule has 0 aromatic heterocycles. The maximum Gasteiger partial charge on any atom is 0.302 e. The molecule has 0 radical (unpaired) electrons. The number of carbonyl (C=O) groups is 2. The van der Waals surface area contributed by atoms with Crippen molar-refractivity contribution in [3.05, 3.63) is 113 Å². The molecule has 3 aromatic carbocycles. The van der Waals surface area contributed by atoms with Crippen molar-refractivity contribution in [1.82, 2.24) is 4.90 Å². The Morgan fingerprint density at radius 1 is 0.932 bits per heavy atom. The predicted molar refractivity (Wildman–Crippen MR) is 245 cm³/mol. The number of benzene rings is 3. The van der Waals surface area contributed by atoms with Crippen LogP contribution in [0.25, 0.3) is 11.1 Å². The summed E-state index contributed by atoms with van der Waals surface area (Å²) in [4.78, 5) is 30.8. The number of amides is 1. The number of aliphatic hydroxyl groups excluding tert-OH is 1. The zero-order valence-electron chi connectivity index (χ0n) is 37.2. The average Bonchev–Trinajstić information content (AvgIpc) is 3.55. The summed E-state index contributed by atoms with van der Waals surface area (Å²) in [5, 5.41) is 13.5. The first kappa shape index (κ1) is 43.8. The Morgan fingerprint density at radius 3 is 2.37 bits per heavy atom. The minimum absolute atomic E-state index is 0.1000. The molecule has 2 heterocycles. The standard InChI is InChI=1S/C51H68N4O4/c1-35(49(3,4)43-32-37(53(9)10)23-24-45(43)52-27-17-31-59-36(2)56)18-16-21-47-51(7,8)44-33-40-39-19-13-14-20-41(39)50(5,6)42(40)34-46(44)55(47)28-15-11-12-22-48(58)54-29-25-38(57)26-30-54/h13-14,16,18-21,23-24,32-34,38,52,57H,1,11-12,15,17,22,25-31H2,2-10H3/b18-16+,47-21+. The molecule has 8 nitrogen and oxygen atoms in total. The molecule has 1 aliphatic carbocycles. The third-order valence-electron chi connectivity index (χ3n) is 13.2. The number of allylic oxidation sites excluding steroid dienone is 5. The third kappa shape index (κ3) is 9.18. The predicted octanol–water partition coefficient (Wildman–Crippen LogP) is 10.0. The second-order valence-electron chi connectivity index (χ2n) is 18.6. The second-order valence-corrected chi connectivity index (χ2v) is 18.6. The van der Waals surface area contributed by atoms with E-state index in [0.29, 0.717) is 51.9 Å². The number of piperidine rings is 1. The van der Waals surface area contributed by atoms with Gasteiger partial charge in [-0.15, -0.1) is 0 Å². The van der Waals surface area contributed by atoms with Crippen molar-refractivity contribution >= 4 is 28.9 Å². The van der Waals surface area contributed by atoms with Gasteiger partial charge in [0, 0.05) is 92.6 Å². The molecule has 6 rings (SSSR count). The van der Waals surface area contributed by atoms with E-state index < -0.39 is 5.41 Å². The lowest BCUT2D eigenvalue weighted by molar-refractivity contribution is -0.141. The van der Waals surface area contributed by atoms with Gasteiger partial charge in [0.25, 0.3) is 0 Å². The monoisotopic (exact) mass is 801 g/mol. The normalized spacial score (nSPS) is 17.6. The minimum atomic E-state index is -0.391. The molecule has 59 heavy (non-hydrogen) atoms. The van der Waals surface area contributed by atoms with Gasteiger partial charge < -0.3 is 29.9 Å². The molecule has 3 aliphatic rings. The maximum atomic E-state index is 13.0. The number of anilines is 3. The summed E-state index contributed by atoms with van der Waals surface area (Å²) < 4.78 is 5.17. The van der Waals surface area contributed by atoms with Gasteiger partial charge in [-0.2, -0.15) is 0 Å². The largest absolute Gasteiger partial charge is 0.466 e. The number of esters is 1. The molecule has 1 amide bonds. The van der Waals surface area contributed by atoms with E-state index in [2.05, 4.69) is 150 Å². The van der Waals surface area contributed by atoms with Gasteiger partial charge in [-0.1, -0.05) is 91.0 Å². The van der Waals surface area contributed by atoms with E-state index in [1.165, 1.54) is 46.1 Å². The number of fused-ring (bicyclic) bond motifs is 4. The summed E-state index contributed by atoms with van der Waals surface area (Å²) in [7, 11) is 4.12. The molecule has 3 aromatic rings. The van der Waals surface area contributed by atoms with E-state index in [9.17, 15) is 14.7 Å². The Kier molecular flexibility index (Phi) is 13.2. The van der Waals surface area contributed by atoms with Crippen molar-refractivity contribution in [1.29, 1.82) is 0 Å². The lowest BCUT2D eigenvalue weighted by Gasteiger charge is -2.31. The number of nitrogens with one attached hydrogen (secondary N) is 1. The lowest BCUT2D eigenvalue weighted by atomic mass is 9.77. The SMILES string of the molecule is C=C(/C=C/C=C1/N(CCCCCC(=O)N2CCC(O)CC2)c2cc3c(cc2C1(C)C)-c1ccccc1C3(C)C)C(C)(C)c1cc(N(C)C)ccc1NCCCOC(C)=O. The fourth-order valence-corrected chi connectivity index (χ4v) is 9.23. The number of likely N-dealkylation sites (tertiary alicyclic amines) is 1. The molecular weight excluding hydrogens is 733 g/mol. The van der Waals surface area contributed by atoms with Gasteiger partial charge in [-0.25, -0.2) is 0 Å². The highest BCUT2D eigenvalue weighted by molar-refractivity contribution is 5.86. The zero-order chi connectivity index (χ0) is 42.7. The fourth-order valence-electron chi connectivity index (χ4n) is 9.23. The lowest BCUT2D eigenvalue weighted by Crippen LogP contribution is -2.39. The summed E-state index contributed by atoms with van der Waals surface area (Å²) in [6, 6.07) is 20.3. The number of ether oxygens (including phenoxy) is 1. The van der Waals surface area contributed by atoms with E-state index >= 15 is 0 Å². The highest BCUT2D eigenvalue weighted by atomic mass is 16.5. The minimum Gasteiger partial charge on any atom is -0.466 e. The van der Waals surface area contributed by atoms with Gasteiger partial charge in [0.2, 0.25) is 5.91 Å². The zero-order valence-corrected chi connectivity index (χ0v) is 37.2. The van der Waals surface area contributed by atoms with E-state index in [4.69, 9.17) is 4.74 Å². The molecule has 0 atom stereocenters. The van der Waals surface area contributed by atoms with Crippen molar-refractivity contribution < 1.29 is 19.4 Å². The number of rotatable bonds is 16. The van der Waals surface area contributed by atoms with Crippen LogP contribution >= 0.6 is 0 Å². The second kappa shape index (κ2) is 17.8. The highest BCUT2D eigenvalue weighted by Gasteiger charge is 2.44. The van der Waals surface area contributed by atoms with E-state index in [1.807, 2.05) is 4.90 Å².